The van der Waals surface area contributed by atoms with E-state index in [1.54, 1.807) is 11.5 Å². The molecule has 0 radical (unpaired) electrons. The van der Waals surface area contributed by atoms with Crippen LogP contribution in [0.3, 0.4) is 0 Å². The van der Waals surface area contributed by atoms with E-state index in [1.165, 1.54) is 0 Å². The summed E-state index contributed by atoms with van der Waals surface area (Å²) >= 11 is 0. The molecule has 52 valence electrons. The van der Waals surface area contributed by atoms with E-state index in [2.05, 4.69) is 0 Å². The van der Waals surface area contributed by atoms with Gasteiger partial charge in [-0.15, -0.1) is 0 Å². The van der Waals surface area contributed by atoms with E-state index in [4.69, 9.17) is 0 Å². The van der Waals surface area contributed by atoms with Gasteiger partial charge in [-0.25, -0.2) is 4.79 Å². The predicted octanol–water partition coefficient (Wildman–Crippen LogP) is 1.05. The van der Waals surface area contributed by atoms with Crippen molar-refractivity contribution in [2.75, 3.05) is 6.54 Å². The maximum Gasteiger partial charge on any atom is 0.383 e. The topological polar surface area (TPSA) is 20.1 Å². The molecule has 0 aromatic heterocycles. The van der Waals surface area contributed by atoms with Crippen molar-refractivity contribution in [2.24, 2.45) is 0 Å². The molecule has 1 amide bonds. The molecule has 0 N–H and O–H groups in total. The van der Waals surface area contributed by atoms with Crippen LogP contribution in [0.1, 0.15) is 27.2 Å². The molecule has 0 saturated carbocycles. The normalized spacial score (nSPS) is 11.7. The number of amides is 1. The number of hydrogen-bond donors (Lipinski definition) is 0. The third-order valence-electron chi connectivity index (χ3n) is 1.15. The van der Waals surface area contributed by atoms with Crippen LogP contribution in [-0.2, 0) is 4.79 Å². The predicted molar refractivity (Wildman–Crippen MR) is 37.8 cm³/mol. The molecule has 9 heavy (non-hydrogen) atoms. The summed E-state index contributed by atoms with van der Waals surface area (Å²) in [4.78, 5) is 10.7. The van der Waals surface area contributed by atoms with Crippen molar-refractivity contribution < 1.29 is 9.37 Å². The molecule has 0 aromatic carbocycles. The Morgan fingerprint density at radius 1 is 1.56 bits per heavy atom. The molecule has 2 heteroatoms. The smallest absolute Gasteiger partial charge is 0.220 e. The van der Waals surface area contributed by atoms with E-state index >= 15 is 0 Å². The van der Waals surface area contributed by atoms with Gasteiger partial charge < -0.3 is 0 Å². The van der Waals surface area contributed by atoms with Crippen LogP contribution in [0.15, 0.2) is 0 Å². The molecular weight excluding hydrogens is 118 g/mol. The van der Waals surface area contributed by atoms with Crippen molar-refractivity contribution in [1.82, 2.24) is 0 Å². The molecule has 0 aliphatic heterocycles. The average molecular weight is 132 g/mol. The van der Waals surface area contributed by atoms with Gasteiger partial charge in [0.05, 0.1) is 6.92 Å². The Morgan fingerprint density at radius 3 is 2.22 bits per heavy atom. The number of carbonyl (C=O) groups is 1. The fourth-order valence-corrected chi connectivity index (χ4v) is 0.701. The fourth-order valence-electron chi connectivity index (χ4n) is 0.701. The lowest BCUT2D eigenvalue weighted by Crippen LogP contribution is -2.17. The van der Waals surface area contributed by atoms with Crippen LogP contribution >= 0.6 is 0 Å². The first kappa shape index (κ1) is 8.34. The van der Waals surface area contributed by atoms with Gasteiger partial charge in [0, 0.05) is 6.42 Å². The summed E-state index contributed by atoms with van der Waals surface area (Å²) in [7, 11) is 0. The van der Waals surface area contributed by atoms with Crippen molar-refractivity contribution in [3.63, 3.8) is 0 Å². The third kappa shape index (κ3) is 3.01. The summed E-state index contributed by atoms with van der Waals surface area (Å²) in [6.07, 6.45) is 2.83. The highest BCUT2D eigenvalue weighted by molar-refractivity contribution is 5.69. The number of carbonyl (C=O) groups excluding carboxylic acids is 1. The van der Waals surface area contributed by atoms with Crippen LogP contribution in [0.5, 0.6) is 0 Å². The van der Waals surface area contributed by atoms with Crippen LogP contribution in [0.25, 0.3) is 0 Å². The summed E-state index contributed by atoms with van der Waals surface area (Å²) in [5.74, 6) is 0.124. The minimum absolute atomic E-state index is 0.124. The number of nitrogens with zero attached hydrogens (tertiary/aromatic N) is 1. The molecule has 0 atom stereocenters. The lowest BCUT2D eigenvalue weighted by Gasteiger charge is -1.89. The van der Waals surface area contributed by atoms with E-state index in [0.29, 0.717) is 0 Å². The third-order valence-corrected chi connectivity index (χ3v) is 1.15. The maximum atomic E-state index is 10.7. The van der Waals surface area contributed by atoms with Gasteiger partial charge in [-0.1, -0.05) is 6.92 Å². The lowest BCUT2D eigenvalue weighted by molar-refractivity contribution is -0.440. The Hall–Kier alpha value is -0.660. The molecule has 0 spiro atoms. The van der Waals surface area contributed by atoms with Crippen molar-refractivity contribution in [3.05, 3.63) is 0 Å². The van der Waals surface area contributed by atoms with Gasteiger partial charge in [-0.3, -0.25) is 0 Å². The Morgan fingerprint density at radius 2 is 2.11 bits per heavy atom. The zero-order valence-electron chi connectivity index (χ0n) is 6.35. The fraction of sp³-hybridized carbons (Fsp3) is 0.714. The summed E-state index contributed by atoms with van der Waals surface area (Å²) in [6, 6.07) is 0. The van der Waals surface area contributed by atoms with E-state index < -0.39 is 0 Å². The van der Waals surface area contributed by atoms with Crippen molar-refractivity contribution in [1.29, 1.82) is 0 Å². The number of hydrogen-bond acceptors (Lipinski definition) is 1. The summed E-state index contributed by atoms with van der Waals surface area (Å²) in [5.41, 5.74) is 0. The molecule has 0 rings (SSSR count). The van der Waals surface area contributed by atoms with Gasteiger partial charge in [0.1, 0.15) is 12.8 Å². The zero-order valence-corrected chi connectivity index (χ0v) is 6.35. The Bertz CT molecular complexity index is 127. The standard InChI is InChI=1S/C7H14NO/c1-4-6-8(5-2)7(3)9/h6H,4-5H2,1-3H3/q+1/b8-6+/i1+1,2+1,5+1,7+1. The Balaban J connectivity index is 3.98. The second-order valence-corrected chi connectivity index (χ2v) is 1.90. The summed E-state index contributed by atoms with van der Waals surface area (Å²) in [5, 5.41) is 0. The first-order valence-corrected chi connectivity index (χ1v) is 3.32. The molecular formula is C7H14NO+. The SMILES string of the molecule is C[13C](=O)/[N+](=C/C[13CH3])[13CH2][13CH3]. The second kappa shape index (κ2) is 4.24. The van der Waals surface area contributed by atoms with Crippen molar-refractivity contribution >= 4 is 12.1 Å². The first-order chi connectivity index (χ1) is 4.22. The minimum atomic E-state index is 0.124. The summed E-state index contributed by atoms with van der Waals surface area (Å²) < 4.78 is 1.71. The lowest BCUT2D eigenvalue weighted by atomic mass is 10.7. The van der Waals surface area contributed by atoms with Crippen LogP contribution < -0.4 is 0 Å². The monoisotopic (exact) mass is 132 g/mol. The van der Waals surface area contributed by atoms with Gasteiger partial charge in [0.25, 0.3) is 0 Å². The van der Waals surface area contributed by atoms with Crippen LogP contribution in [0.2, 0.25) is 0 Å². The largest absolute Gasteiger partial charge is 0.383 e. The van der Waals surface area contributed by atoms with Gasteiger partial charge in [-0.05, 0) is 6.92 Å². The molecule has 0 fully saturated rings. The van der Waals surface area contributed by atoms with Gasteiger partial charge in [-0.2, -0.15) is 4.58 Å². The Kier molecular flexibility index (Phi) is 3.93. The molecule has 0 bridgehead atoms. The van der Waals surface area contributed by atoms with Gasteiger partial charge >= 0.3 is 5.91 Å². The van der Waals surface area contributed by atoms with Gasteiger partial charge in [0.15, 0.2) is 0 Å². The molecule has 0 saturated heterocycles. The minimum Gasteiger partial charge on any atom is -0.220 e. The van der Waals surface area contributed by atoms with Crippen LogP contribution in [0, 0.1) is 0 Å². The maximum absolute atomic E-state index is 10.7. The van der Waals surface area contributed by atoms with Crippen molar-refractivity contribution in [2.45, 2.75) is 27.2 Å². The quantitative estimate of drug-likeness (QED) is 0.312. The van der Waals surface area contributed by atoms with E-state index in [1.807, 2.05) is 20.1 Å². The average Bonchev–Trinajstić information content (AvgIpc) is 1.82. The Labute approximate surface area is 56.2 Å². The molecule has 0 heterocycles. The van der Waals surface area contributed by atoms with E-state index in [-0.39, 0.29) is 5.91 Å². The highest BCUT2D eigenvalue weighted by Gasteiger charge is 2.04. The second-order valence-electron chi connectivity index (χ2n) is 1.90. The molecule has 0 aromatic rings. The van der Waals surface area contributed by atoms with Crippen LogP contribution in [0.4, 0.5) is 0 Å². The summed E-state index contributed by atoms with van der Waals surface area (Å²) in [6.45, 7) is 6.35. The first-order valence-electron chi connectivity index (χ1n) is 3.32. The highest BCUT2D eigenvalue weighted by Crippen LogP contribution is 1.76. The molecule has 2 nitrogen and oxygen atoms in total. The zero-order chi connectivity index (χ0) is 7.28. The van der Waals surface area contributed by atoms with Crippen LogP contribution in [-0.4, -0.2) is 23.2 Å². The number of rotatable bonds is 2. The highest BCUT2D eigenvalue weighted by atomic mass is 16.2. The molecule has 0 aliphatic rings. The van der Waals surface area contributed by atoms with Crippen molar-refractivity contribution in [3.8, 4) is 0 Å². The van der Waals surface area contributed by atoms with E-state index in [0.717, 1.165) is 13.0 Å². The molecule has 0 unspecified atom stereocenters. The van der Waals surface area contributed by atoms with E-state index in [9.17, 15) is 4.79 Å². The molecule has 0 aliphatic carbocycles. The van der Waals surface area contributed by atoms with Gasteiger partial charge in [0.2, 0.25) is 0 Å².